The Morgan fingerprint density at radius 3 is 2.20 bits per heavy atom. The van der Waals surface area contributed by atoms with E-state index in [2.05, 4.69) is 5.32 Å². The van der Waals surface area contributed by atoms with Crippen LogP contribution in [0.1, 0.15) is 16.7 Å². The molecular weight excluding hydrogens is 250 g/mol. The highest BCUT2D eigenvalue weighted by molar-refractivity contribution is 5.78. The van der Waals surface area contributed by atoms with Crippen molar-refractivity contribution in [3.05, 3.63) is 65.2 Å². The smallest absolute Gasteiger partial charge is 0.326 e. The van der Waals surface area contributed by atoms with Gasteiger partial charge in [-0.2, -0.15) is 0 Å². The molecule has 0 saturated carbocycles. The van der Waals surface area contributed by atoms with Gasteiger partial charge >= 0.3 is 5.97 Å². The Morgan fingerprint density at radius 1 is 1.05 bits per heavy atom. The molecule has 0 radical (unpaired) electrons. The number of anilines is 1. The molecule has 3 heteroatoms. The zero-order valence-corrected chi connectivity index (χ0v) is 11.8. The van der Waals surface area contributed by atoms with Crippen LogP contribution in [0.5, 0.6) is 0 Å². The Bertz CT molecular complexity index is 573. The molecule has 2 aromatic rings. The number of carboxylic acids is 1. The summed E-state index contributed by atoms with van der Waals surface area (Å²) >= 11 is 0. The van der Waals surface area contributed by atoms with Crippen molar-refractivity contribution < 1.29 is 9.90 Å². The average molecular weight is 269 g/mol. The van der Waals surface area contributed by atoms with Crippen LogP contribution >= 0.6 is 0 Å². The number of para-hydroxylation sites is 1. The van der Waals surface area contributed by atoms with Gasteiger partial charge in [0.2, 0.25) is 0 Å². The summed E-state index contributed by atoms with van der Waals surface area (Å²) in [6, 6.07) is 15.0. The highest BCUT2D eigenvalue weighted by Crippen LogP contribution is 2.21. The number of carbonyl (C=O) groups is 1. The largest absolute Gasteiger partial charge is 0.480 e. The fourth-order valence-corrected chi connectivity index (χ4v) is 2.27. The first-order valence-electron chi connectivity index (χ1n) is 6.67. The van der Waals surface area contributed by atoms with E-state index in [-0.39, 0.29) is 0 Å². The van der Waals surface area contributed by atoms with Gasteiger partial charge in [-0.3, -0.25) is 0 Å². The lowest BCUT2D eigenvalue weighted by atomic mass is 10.0. The minimum atomic E-state index is -0.837. The maximum atomic E-state index is 11.5. The van der Waals surface area contributed by atoms with Crippen molar-refractivity contribution in [2.24, 2.45) is 0 Å². The van der Waals surface area contributed by atoms with Crippen LogP contribution in [0.3, 0.4) is 0 Å². The number of hydrogen-bond donors (Lipinski definition) is 2. The highest BCUT2D eigenvalue weighted by Gasteiger charge is 2.19. The van der Waals surface area contributed by atoms with Gasteiger partial charge < -0.3 is 10.4 Å². The molecule has 1 atom stereocenters. The lowest BCUT2D eigenvalue weighted by Crippen LogP contribution is -2.32. The second kappa shape index (κ2) is 6.24. The van der Waals surface area contributed by atoms with Crippen molar-refractivity contribution >= 4 is 11.7 Å². The van der Waals surface area contributed by atoms with Crippen LogP contribution < -0.4 is 5.32 Å². The summed E-state index contributed by atoms with van der Waals surface area (Å²) in [5.41, 5.74) is 4.04. The fraction of sp³-hybridized carbons (Fsp3) is 0.235. The van der Waals surface area contributed by atoms with Crippen LogP contribution in [0, 0.1) is 13.8 Å². The zero-order chi connectivity index (χ0) is 14.5. The van der Waals surface area contributed by atoms with E-state index in [1.165, 1.54) is 0 Å². The number of carboxylic acid groups (broad SMARTS) is 1. The number of rotatable bonds is 5. The molecule has 0 heterocycles. The maximum absolute atomic E-state index is 11.5. The van der Waals surface area contributed by atoms with Gasteiger partial charge in [0.1, 0.15) is 6.04 Å². The molecule has 0 amide bonds. The summed E-state index contributed by atoms with van der Waals surface area (Å²) in [4.78, 5) is 11.5. The predicted molar refractivity (Wildman–Crippen MR) is 81.1 cm³/mol. The molecule has 0 aliphatic rings. The van der Waals surface area contributed by atoms with Crippen molar-refractivity contribution in [1.82, 2.24) is 0 Å². The Hall–Kier alpha value is -2.29. The highest BCUT2D eigenvalue weighted by atomic mass is 16.4. The van der Waals surface area contributed by atoms with E-state index in [4.69, 9.17) is 0 Å². The molecular formula is C17H19NO2. The van der Waals surface area contributed by atoms with Crippen molar-refractivity contribution in [2.75, 3.05) is 5.32 Å². The monoisotopic (exact) mass is 269 g/mol. The number of aliphatic carboxylic acids is 1. The summed E-state index contributed by atoms with van der Waals surface area (Å²) in [6.07, 6.45) is 0.462. The number of nitrogens with one attached hydrogen (secondary N) is 1. The van der Waals surface area contributed by atoms with E-state index in [1.807, 2.05) is 62.4 Å². The van der Waals surface area contributed by atoms with E-state index in [9.17, 15) is 9.90 Å². The Kier molecular flexibility index (Phi) is 4.41. The fourth-order valence-electron chi connectivity index (χ4n) is 2.27. The summed E-state index contributed by atoms with van der Waals surface area (Å²) in [6.45, 7) is 3.97. The number of hydrogen-bond acceptors (Lipinski definition) is 2. The third-order valence-corrected chi connectivity index (χ3v) is 3.38. The SMILES string of the molecule is Cc1cccc(C)c1NC(Cc1ccccc1)C(=O)O. The van der Waals surface area contributed by atoms with Crippen LogP contribution in [0.2, 0.25) is 0 Å². The van der Waals surface area contributed by atoms with Gasteiger partial charge in [0.25, 0.3) is 0 Å². The molecule has 0 aromatic heterocycles. The maximum Gasteiger partial charge on any atom is 0.326 e. The van der Waals surface area contributed by atoms with Crippen LogP contribution in [0.4, 0.5) is 5.69 Å². The van der Waals surface area contributed by atoms with E-state index in [0.717, 1.165) is 22.4 Å². The molecule has 104 valence electrons. The van der Waals surface area contributed by atoms with Gasteiger partial charge in [-0.15, -0.1) is 0 Å². The summed E-state index contributed by atoms with van der Waals surface area (Å²) in [5, 5.41) is 12.6. The van der Waals surface area contributed by atoms with Gasteiger partial charge in [0.05, 0.1) is 0 Å². The van der Waals surface area contributed by atoms with E-state index in [0.29, 0.717) is 6.42 Å². The minimum absolute atomic E-state index is 0.462. The molecule has 0 aliphatic heterocycles. The molecule has 0 aliphatic carbocycles. The molecule has 20 heavy (non-hydrogen) atoms. The first-order valence-corrected chi connectivity index (χ1v) is 6.67. The van der Waals surface area contributed by atoms with Crippen molar-refractivity contribution in [3.8, 4) is 0 Å². The van der Waals surface area contributed by atoms with E-state index < -0.39 is 12.0 Å². The molecule has 3 nitrogen and oxygen atoms in total. The summed E-state index contributed by atoms with van der Waals surface area (Å²) in [7, 11) is 0. The number of aryl methyl sites for hydroxylation is 2. The molecule has 0 bridgehead atoms. The second-order valence-corrected chi connectivity index (χ2v) is 4.99. The van der Waals surface area contributed by atoms with Crippen molar-refractivity contribution in [2.45, 2.75) is 26.3 Å². The molecule has 0 fully saturated rings. The van der Waals surface area contributed by atoms with Crippen LogP contribution in [-0.4, -0.2) is 17.1 Å². The summed E-state index contributed by atoms with van der Waals surface area (Å²) < 4.78 is 0. The van der Waals surface area contributed by atoms with Gasteiger partial charge in [-0.1, -0.05) is 48.5 Å². The molecule has 2 rings (SSSR count). The lowest BCUT2D eigenvalue weighted by molar-refractivity contribution is -0.137. The molecule has 0 saturated heterocycles. The Balaban J connectivity index is 2.20. The van der Waals surface area contributed by atoms with Crippen LogP contribution in [0.15, 0.2) is 48.5 Å². The third kappa shape index (κ3) is 3.38. The first kappa shape index (κ1) is 14.1. The summed E-state index contributed by atoms with van der Waals surface area (Å²) in [5.74, 6) is -0.837. The van der Waals surface area contributed by atoms with E-state index in [1.54, 1.807) is 0 Å². The third-order valence-electron chi connectivity index (χ3n) is 3.38. The van der Waals surface area contributed by atoms with Crippen LogP contribution in [0.25, 0.3) is 0 Å². The Labute approximate surface area is 119 Å². The first-order chi connectivity index (χ1) is 9.58. The van der Waals surface area contributed by atoms with Gasteiger partial charge in [-0.25, -0.2) is 4.79 Å². The molecule has 0 spiro atoms. The van der Waals surface area contributed by atoms with Gasteiger partial charge in [0, 0.05) is 12.1 Å². The minimum Gasteiger partial charge on any atom is -0.480 e. The average Bonchev–Trinajstić information content (AvgIpc) is 2.42. The second-order valence-electron chi connectivity index (χ2n) is 4.99. The topological polar surface area (TPSA) is 49.3 Å². The molecule has 2 aromatic carbocycles. The predicted octanol–water partition coefficient (Wildman–Crippen LogP) is 3.41. The Morgan fingerprint density at radius 2 is 1.65 bits per heavy atom. The van der Waals surface area contributed by atoms with Gasteiger partial charge in [-0.05, 0) is 30.5 Å². The normalized spacial score (nSPS) is 11.9. The van der Waals surface area contributed by atoms with Crippen molar-refractivity contribution in [1.29, 1.82) is 0 Å². The van der Waals surface area contributed by atoms with Crippen molar-refractivity contribution in [3.63, 3.8) is 0 Å². The zero-order valence-electron chi connectivity index (χ0n) is 11.8. The molecule has 1 unspecified atom stereocenters. The van der Waals surface area contributed by atoms with Gasteiger partial charge in [0.15, 0.2) is 0 Å². The quantitative estimate of drug-likeness (QED) is 0.874. The van der Waals surface area contributed by atoms with E-state index >= 15 is 0 Å². The molecule has 2 N–H and O–H groups in total. The number of benzene rings is 2. The standard InChI is InChI=1S/C17H19NO2/c1-12-7-6-8-13(2)16(12)18-15(17(19)20)11-14-9-4-3-5-10-14/h3-10,15,18H,11H2,1-2H3,(H,19,20). The lowest BCUT2D eigenvalue weighted by Gasteiger charge is -2.19. The van der Waals surface area contributed by atoms with Crippen LogP contribution in [-0.2, 0) is 11.2 Å².